The number of ketones is 1. The second-order valence-electron chi connectivity index (χ2n) is 8.09. The van der Waals surface area contributed by atoms with E-state index < -0.39 is 23.7 Å². The van der Waals surface area contributed by atoms with E-state index in [-0.39, 0.29) is 30.2 Å². The van der Waals surface area contributed by atoms with Gasteiger partial charge >= 0.3 is 5.97 Å². The standard InChI is InChI=1S/C23H29N3O6/c1-7-31-23(30)18-13(3)16(14(4)24-18)20(27)17-19(15-9-8-12(2)32-15)26(11-10-25(5)6)22(29)21(17)28/h8-9,19,24,27H,7,10-11H2,1-6H3/b20-17+/t19-/m1/s1. The number of furan rings is 1. The molecule has 0 saturated carbocycles. The van der Waals surface area contributed by atoms with Gasteiger partial charge in [-0.15, -0.1) is 0 Å². The molecule has 1 atom stereocenters. The number of hydrogen-bond donors (Lipinski definition) is 2. The maximum atomic E-state index is 13.1. The molecule has 32 heavy (non-hydrogen) atoms. The molecular weight excluding hydrogens is 414 g/mol. The van der Waals surface area contributed by atoms with E-state index in [1.54, 1.807) is 39.8 Å². The number of ether oxygens (including phenoxy) is 1. The van der Waals surface area contributed by atoms with Gasteiger partial charge in [-0.3, -0.25) is 9.59 Å². The third-order valence-corrected chi connectivity index (χ3v) is 5.51. The molecule has 3 heterocycles. The number of carbonyl (C=O) groups is 3. The number of aliphatic hydroxyl groups is 1. The monoisotopic (exact) mass is 443 g/mol. The minimum atomic E-state index is -0.872. The van der Waals surface area contributed by atoms with Gasteiger partial charge in [0.1, 0.15) is 29.0 Å². The number of H-pyrrole nitrogens is 1. The van der Waals surface area contributed by atoms with Crippen molar-refractivity contribution in [1.29, 1.82) is 0 Å². The number of carbonyl (C=O) groups excluding carboxylic acids is 3. The first-order valence-electron chi connectivity index (χ1n) is 10.4. The SMILES string of the molecule is CCOC(=O)c1[nH]c(C)c(/C(O)=C2\C(=O)C(=O)N(CCN(C)C)[C@@H]2c2ccc(C)o2)c1C. The van der Waals surface area contributed by atoms with Crippen LogP contribution in [0.25, 0.3) is 5.76 Å². The highest BCUT2D eigenvalue weighted by Crippen LogP contribution is 2.41. The number of amides is 1. The Hall–Kier alpha value is -3.33. The zero-order valence-corrected chi connectivity index (χ0v) is 19.2. The smallest absolute Gasteiger partial charge is 0.355 e. The molecule has 9 heteroatoms. The van der Waals surface area contributed by atoms with Crippen molar-refractivity contribution in [1.82, 2.24) is 14.8 Å². The van der Waals surface area contributed by atoms with Gasteiger partial charge in [-0.2, -0.15) is 0 Å². The molecule has 172 valence electrons. The van der Waals surface area contributed by atoms with Crippen molar-refractivity contribution in [2.45, 2.75) is 33.7 Å². The van der Waals surface area contributed by atoms with Crippen molar-refractivity contribution in [2.75, 3.05) is 33.8 Å². The highest BCUT2D eigenvalue weighted by atomic mass is 16.5. The molecule has 1 amide bonds. The molecule has 0 aliphatic carbocycles. The molecule has 2 N–H and O–H groups in total. The molecule has 0 bridgehead atoms. The van der Waals surface area contributed by atoms with Crippen molar-refractivity contribution in [3.05, 3.63) is 51.7 Å². The summed E-state index contributed by atoms with van der Waals surface area (Å²) in [4.78, 5) is 44.5. The van der Waals surface area contributed by atoms with Gasteiger partial charge in [0.15, 0.2) is 0 Å². The number of Topliss-reactive ketones (excluding diaryl/α,β-unsaturated/α-hetero) is 1. The van der Waals surface area contributed by atoms with Gasteiger partial charge in [0.25, 0.3) is 11.7 Å². The summed E-state index contributed by atoms with van der Waals surface area (Å²) in [5, 5.41) is 11.3. The number of likely N-dealkylation sites (tertiary alicyclic amines) is 1. The second kappa shape index (κ2) is 9.04. The third kappa shape index (κ3) is 4.08. The zero-order chi connectivity index (χ0) is 23.7. The van der Waals surface area contributed by atoms with Crippen LogP contribution < -0.4 is 0 Å². The number of esters is 1. The zero-order valence-electron chi connectivity index (χ0n) is 19.2. The number of aromatic amines is 1. The number of aromatic nitrogens is 1. The van der Waals surface area contributed by atoms with Gasteiger partial charge in [-0.05, 0) is 59.5 Å². The molecule has 9 nitrogen and oxygen atoms in total. The molecule has 0 spiro atoms. The number of hydrogen-bond acceptors (Lipinski definition) is 7. The average molecular weight is 444 g/mol. The summed E-state index contributed by atoms with van der Waals surface area (Å²) in [7, 11) is 3.73. The molecule has 1 aliphatic heterocycles. The second-order valence-corrected chi connectivity index (χ2v) is 8.09. The minimum absolute atomic E-state index is 0.0660. The number of nitrogens with one attached hydrogen (secondary N) is 1. The fraction of sp³-hybridized carbons (Fsp3) is 0.435. The summed E-state index contributed by atoms with van der Waals surface area (Å²) in [6.07, 6.45) is 0. The number of aliphatic hydroxyl groups excluding tert-OH is 1. The van der Waals surface area contributed by atoms with Gasteiger partial charge in [0.2, 0.25) is 0 Å². The van der Waals surface area contributed by atoms with E-state index in [1.807, 2.05) is 19.0 Å². The first-order valence-corrected chi connectivity index (χ1v) is 10.4. The Morgan fingerprint density at radius 2 is 1.94 bits per heavy atom. The molecule has 2 aromatic heterocycles. The molecule has 1 aliphatic rings. The van der Waals surface area contributed by atoms with Gasteiger partial charge < -0.3 is 29.0 Å². The normalized spacial score (nSPS) is 18.1. The predicted molar refractivity (Wildman–Crippen MR) is 117 cm³/mol. The maximum Gasteiger partial charge on any atom is 0.355 e. The van der Waals surface area contributed by atoms with E-state index in [0.29, 0.717) is 34.9 Å². The van der Waals surface area contributed by atoms with E-state index in [4.69, 9.17) is 9.15 Å². The van der Waals surface area contributed by atoms with Gasteiger partial charge in [-0.25, -0.2) is 4.79 Å². The minimum Gasteiger partial charge on any atom is -0.507 e. The van der Waals surface area contributed by atoms with Crippen LogP contribution in [0, 0.1) is 20.8 Å². The first kappa shape index (κ1) is 23.3. The number of likely N-dealkylation sites (N-methyl/N-ethyl adjacent to an activating group) is 1. The molecular formula is C23H29N3O6. The van der Waals surface area contributed by atoms with Gasteiger partial charge in [-0.1, -0.05) is 0 Å². The fourth-order valence-corrected chi connectivity index (χ4v) is 3.96. The molecule has 0 radical (unpaired) electrons. The van der Waals surface area contributed by atoms with E-state index in [2.05, 4.69) is 4.98 Å². The summed E-state index contributed by atoms with van der Waals surface area (Å²) in [6, 6.07) is 2.57. The molecule has 1 saturated heterocycles. The Morgan fingerprint density at radius 1 is 1.25 bits per heavy atom. The van der Waals surface area contributed by atoms with Crippen LogP contribution in [0.2, 0.25) is 0 Å². The summed E-state index contributed by atoms with van der Waals surface area (Å²) in [5.74, 6) is -1.40. The lowest BCUT2D eigenvalue weighted by Gasteiger charge is -2.24. The summed E-state index contributed by atoms with van der Waals surface area (Å²) in [5.41, 5.74) is 1.35. The highest BCUT2D eigenvalue weighted by Gasteiger charge is 2.47. The Morgan fingerprint density at radius 3 is 2.50 bits per heavy atom. The highest BCUT2D eigenvalue weighted by molar-refractivity contribution is 6.46. The van der Waals surface area contributed by atoms with Crippen molar-refractivity contribution >= 4 is 23.4 Å². The van der Waals surface area contributed by atoms with Gasteiger partial charge in [0, 0.05) is 24.3 Å². The van der Waals surface area contributed by atoms with Crippen LogP contribution in [0.5, 0.6) is 0 Å². The van der Waals surface area contributed by atoms with Gasteiger partial charge in [0.05, 0.1) is 12.2 Å². The predicted octanol–water partition coefficient (Wildman–Crippen LogP) is 2.69. The average Bonchev–Trinajstić information content (AvgIpc) is 3.35. The summed E-state index contributed by atoms with van der Waals surface area (Å²) < 4.78 is 10.8. The molecule has 3 rings (SSSR count). The van der Waals surface area contributed by atoms with E-state index in [1.165, 1.54) is 4.90 Å². The molecule has 2 aromatic rings. The van der Waals surface area contributed by atoms with Crippen molar-refractivity contribution in [3.8, 4) is 0 Å². The summed E-state index contributed by atoms with van der Waals surface area (Å²) >= 11 is 0. The third-order valence-electron chi connectivity index (χ3n) is 5.51. The topological polar surface area (TPSA) is 116 Å². The largest absolute Gasteiger partial charge is 0.507 e. The Bertz CT molecular complexity index is 1090. The molecule has 0 aromatic carbocycles. The van der Waals surface area contributed by atoms with E-state index in [9.17, 15) is 19.5 Å². The van der Waals surface area contributed by atoms with Crippen LogP contribution in [0.15, 0.2) is 22.1 Å². The Balaban J connectivity index is 2.17. The van der Waals surface area contributed by atoms with Crippen LogP contribution in [0.1, 0.15) is 51.8 Å². The molecule has 0 unspecified atom stereocenters. The summed E-state index contributed by atoms with van der Waals surface area (Å²) in [6.45, 7) is 7.80. The number of nitrogens with zero attached hydrogens (tertiary/aromatic N) is 2. The lowest BCUT2D eigenvalue weighted by atomic mass is 9.97. The van der Waals surface area contributed by atoms with Crippen molar-refractivity contribution < 1.29 is 28.6 Å². The maximum absolute atomic E-state index is 13.1. The number of rotatable bonds is 7. The lowest BCUT2D eigenvalue weighted by Crippen LogP contribution is -2.35. The first-order chi connectivity index (χ1) is 15.1. The van der Waals surface area contributed by atoms with Crippen molar-refractivity contribution in [3.63, 3.8) is 0 Å². The lowest BCUT2D eigenvalue weighted by molar-refractivity contribution is -0.140. The van der Waals surface area contributed by atoms with Crippen LogP contribution in [0.4, 0.5) is 0 Å². The van der Waals surface area contributed by atoms with Crippen molar-refractivity contribution in [2.24, 2.45) is 0 Å². The molecule has 1 fully saturated rings. The van der Waals surface area contributed by atoms with E-state index in [0.717, 1.165) is 0 Å². The van der Waals surface area contributed by atoms with Crippen LogP contribution in [-0.4, -0.2) is 71.3 Å². The van der Waals surface area contributed by atoms with E-state index >= 15 is 0 Å². The fourth-order valence-electron chi connectivity index (χ4n) is 3.96. The Kier molecular flexibility index (Phi) is 6.59. The van der Waals surface area contributed by atoms with Crippen LogP contribution in [0.3, 0.4) is 0 Å². The van der Waals surface area contributed by atoms with Crippen LogP contribution in [-0.2, 0) is 14.3 Å². The quantitative estimate of drug-likeness (QED) is 0.292. The number of aryl methyl sites for hydroxylation is 2. The Labute approximate surface area is 186 Å². The van der Waals surface area contributed by atoms with Crippen LogP contribution >= 0.6 is 0 Å².